The first-order chi connectivity index (χ1) is 13.8. The molecule has 140 valence electrons. The van der Waals surface area contributed by atoms with Gasteiger partial charge in [-0.3, -0.25) is 0 Å². The number of hydrogen-bond donors (Lipinski definition) is 0. The Morgan fingerprint density at radius 3 is 2.07 bits per heavy atom. The maximum Gasteiger partial charge on any atom is 0.419 e. The van der Waals surface area contributed by atoms with Crippen LogP contribution in [0, 0.1) is 0 Å². The summed E-state index contributed by atoms with van der Waals surface area (Å²) in [6.07, 6.45) is 2.33. The summed E-state index contributed by atoms with van der Waals surface area (Å²) in [5, 5.41) is 0. The average Bonchev–Trinajstić information content (AvgIpc) is 3.37. The lowest BCUT2D eigenvalue weighted by Crippen LogP contribution is -2.45. The van der Waals surface area contributed by atoms with Gasteiger partial charge in [-0.15, -0.1) is 0 Å². The van der Waals surface area contributed by atoms with Crippen LogP contribution in [0.2, 0.25) is 0 Å². The van der Waals surface area contributed by atoms with Crippen LogP contribution in [0.4, 0.5) is 0 Å². The second kappa shape index (κ2) is 7.12. The van der Waals surface area contributed by atoms with Gasteiger partial charge in [-0.25, -0.2) is 0 Å². The molecule has 0 aliphatic carbocycles. The van der Waals surface area contributed by atoms with Crippen molar-refractivity contribution in [1.29, 1.82) is 0 Å². The van der Waals surface area contributed by atoms with Crippen molar-refractivity contribution in [3.8, 4) is 5.75 Å². The number of benzene rings is 3. The van der Waals surface area contributed by atoms with Crippen molar-refractivity contribution >= 4 is 12.5 Å². The highest BCUT2D eigenvalue weighted by molar-refractivity contribution is 6.65. The van der Waals surface area contributed by atoms with Crippen LogP contribution in [0.25, 0.3) is 0 Å². The lowest BCUT2D eigenvalue weighted by atomic mass is 9.72. The Morgan fingerprint density at radius 1 is 0.893 bits per heavy atom. The average molecular weight is 369 g/mol. The molecule has 0 N–H and O–H groups in total. The minimum absolute atomic E-state index is 0.0566. The van der Waals surface area contributed by atoms with E-state index in [-0.39, 0.29) is 7.05 Å². The molecule has 0 spiro atoms. The summed E-state index contributed by atoms with van der Waals surface area (Å²) in [6, 6.07) is 30.1. The highest BCUT2D eigenvalue weighted by atomic mass is 16.5. The fourth-order valence-electron chi connectivity index (χ4n) is 4.92. The minimum Gasteiger partial charge on any atom is -0.497 e. The van der Waals surface area contributed by atoms with E-state index in [2.05, 4.69) is 77.6 Å². The third-order valence-corrected chi connectivity index (χ3v) is 6.17. The Balaban J connectivity index is 1.65. The molecule has 2 fully saturated rings. The highest BCUT2D eigenvalue weighted by Crippen LogP contribution is 2.48. The topological polar surface area (TPSA) is 21.7 Å². The molecule has 3 aromatic carbocycles. The zero-order valence-corrected chi connectivity index (χ0v) is 16.1. The number of nitrogens with zero attached hydrogens (tertiary/aromatic N) is 1. The molecule has 1 atom stereocenters. The van der Waals surface area contributed by atoms with E-state index in [1.807, 2.05) is 12.1 Å². The molecule has 0 amide bonds. The van der Waals surface area contributed by atoms with Gasteiger partial charge in [-0.1, -0.05) is 72.8 Å². The fourth-order valence-corrected chi connectivity index (χ4v) is 4.92. The van der Waals surface area contributed by atoms with Crippen molar-refractivity contribution in [2.45, 2.75) is 24.5 Å². The van der Waals surface area contributed by atoms with Crippen molar-refractivity contribution in [2.24, 2.45) is 0 Å². The third kappa shape index (κ3) is 2.68. The molecule has 4 heteroatoms. The first-order valence-electron chi connectivity index (χ1n) is 10.0. The summed E-state index contributed by atoms with van der Waals surface area (Å²) in [6.45, 7) is 1.06. The Morgan fingerprint density at radius 2 is 1.50 bits per heavy atom. The molecular formula is C24H24BNO2. The van der Waals surface area contributed by atoms with Gasteiger partial charge in [0.2, 0.25) is 0 Å². The molecule has 2 heterocycles. The quantitative estimate of drug-likeness (QED) is 0.653. The molecule has 0 bridgehead atoms. The summed E-state index contributed by atoms with van der Waals surface area (Å²) in [7, 11) is 1.65. The summed E-state index contributed by atoms with van der Waals surface area (Å²) in [5.41, 5.74) is 3.19. The monoisotopic (exact) mass is 369 g/mol. The van der Waals surface area contributed by atoms with E-state index in [4.69, 9.17) is 9.39 Å². The van der Waals surface area contributed by atoms with Crippen molar-refractivity contribution < 1.29 is 9.39 Å². The van der Waals surface area contributed by atoms with Crippen LogP contribution in [0.3, 0.4) is 0 Å². The summed E-state index contributed by atoms with van der Waals surface area (Å²) in [5.74, 6) is 0.872. The zero-order valence-electron chi connectivity index (χ0n) is 16.1. The van der Waals surface area contributed by atoms with Gasteiger partial charge in [0.25, 0.3) is 0 Å². The lowest BCUT2D eigenvalue weighted by molar-refractivity contribution is 0.106. The van der Waals surface area contributed by atoms with Gasteiger partial charge in [0.15, 0.2) is 0 Å². The first kappa shape index (κ1) is 17.5. The molecule has 2 aliphatic rings. The molecule has 3 aromatic rings. The number of hydrogen-bond acceptors (Lipinski definition) is 3. The SMILES string of the molecule is COc1ccc(B2OC(c3ccccc3)(c3ccccc3)C3CCCN23)cc1. The van der Waals surface area contributed by atoms with Gasteiger partial charge in [-0.2, -0.15) is 0 Å². The van der Waals surface area contributed by atoms with Crippen LogP contribution < -0.4 is 10.2 Å². The molecule has 5 rings (SSSR count). The maximum absolute atomic E-state index is 7.03. The number of fused-ring (bicyclic) bond motifs is 1. The molecule has 2 saturated heterocycles. The van der Waals surface area contributed by atoms with Gasteiger partial charge in [0.05, 0.1) is 7.11 Å². The Labute approximate surface area is 167 Å². The van der Waals surface area contributed by atoms with Gasteiger partial charge >= 0.3 is 7.05 Å². The maximum atomic E-state index is 7.03. The summed E-state index contributed by atoms with van der Waals surface area (Å²) in [4.78, 5) is 2.54. The van der Waals surface area contributed by atoms with Crippen LogP contribution in [0.5, 0.6) is 5.75 Å². The van der Waals surface area contributed by atoms with Crippen molar-refractivity contribution in [2.75, 3.05) is 13.7 Å². The van der Waals surface area contributed by atoms with Crippen LogP contribution in [0.15, 0.2) is 84.9 Å². The van der Waals surface area contributed by atoms with Crippen LogP contribution >= 0.6 is 0 Å². The smallest absolute Gasteiger partial charge is 0.419 e. The molecule has 0 saturated carbocycles. The minimum atomic E-state index is -0.455. The van der Waals surface area contributed by atoms with Crippen LogP contribution in [-0.2, 0) is 10.3 Å². The second-order valence-corrected chi connectivity index (χ2v) is 7.61. The molecule has 1 unspecified atom stereocenters. The van der Waals surface area contributed by atoms with Crippen molar-refractivity contribution in [1.82, 2.24) is 4.81 Å². The summed E-state index contributed by atoms with van der Waals surface area (Å²) >= 11 is 0. The first-order valence-corrected chi connectivity index (χ1v) is 10.0. The van der Waals surface area contributed by atoms with Crippen molar-refractivity contribution in [3.05, 3.63) is 96.1 Å². The largest absolute Gasteiger partial charge is 0.497 e. The van der Waals surface area contributed by atoms with E-state index in [0.717, 1.165) is 18.7 Å². The molecule has 3 nitrogen and oxygen atoms in total. The van der Waals surface area contributed by atoms with Crippen molar-refractivity contribution in [3.63, 3.8) is 0 Å². The third-order valence-electron chi connectivity index (χ3n) is 6.17. The van der Waals surface area contributed by atoms with Crippen LogP contribution in [0.1, 0.15) is 24.0 Å². The normalized spacial score (nSPS) is 20.9. The van der Waals surface area contributed by atoms with E-state index in [1.54, 1.807) is 7.11 Å². The number of ether oxygens (including phenoxy) is 1. The summed E-state index contributed by atoms with van der Waals surface area (Å²) < 4.78 is 12.4. The zero-order chi connectivity index (χ0) is 19.0. The highest BCUT2D eigenvalue weighted by Gasteiger charge is 2.58. The molecule has 28 heavy (non-hydrogen) atoms. The van der Waals surface area contributed by atoms with E-state index >= 15 is 0 Å². The second-order valence-electron chi connectivity index (χ2n) is 7.61. The molecule has 2 aliphatic heterocycles. The Hall–Kier alpha value is -2.56. The van der Waals surface area contributed by atoms with Gasteiger partial charge in [-0.05, 0) is 48.1 Å². The Kier molecular flexibility index (Phi) is 4.46. The standard InChI is InChI=1S/C24H24BNO2/c1-27-22-16-14-21(15-17-22)25-26-18-8-13-23(26)24(28-25,19-9-4-2-5-10-19)20-11-6-3-7-12-20/h2-7,9-12,14-17,23H,8,13,18H2,1H3. The molecular weight excluding hydrogens is 345 g/mol. The fraction of sp³-hybridized carbons (Fsp3) is 0.250. The Bertz CT molecular complexity index is 890. The van der Waals surface area contributed by atoms with E-state index < -0.39 is 5.60 Å². The van der Waals surface area contributed by atoms with E-state index in [1.165, 1.54) is 23.0 Å². The molecule has 0 radical (unpaired) electrons. The molecule has 0 aromatic heterocycles. The van der Waals surface area contributed by atoms with E-state index in [9.17, 15) is 0 Å². The van der Waals surface area contributed by atoms with Gasteiger partial charge < -0.3 is 14.2 Å². The number of rotatable bonds is 4. The lowest BCUT2D eigenvalue weighted by Gasteiger charge is -2.36. The van der Waals surface area contributed by atoms with Gasteiger partial charge in [0.1, 0.15) is 11.4 Å². The number of methoxy groups -OCH3 is 1. The predicted molar refractivity (Wildman–Crippen MR) is 113 cm³/mol. The van der Waals surface area contributed by atoms with Gasteiger partial charge in [0, 0.05) is 6.04 Å². The van der Waals surface area contributed by atoms with E-state index in [0.29, 0.717) is 6.04 Å². The predicted octanol–water partition coefficient (Wildman–Crippen LogP) is 3.83. The van der Waals surface area contributed by atoms with Crippen LogP contribution in [-0.4, -0.2) is 31.6 Å².